The molecule has 0 saturated carbocycles. The Bertz CT molecular complexity index is 827. The summed E-state index contributed by atoms with van der Waals surface area (Å²) in [4.78, 5) is 18.1. The van der Waals surface area contributed by atoms with Crippen LogP contribution in [0.5, 0.6) is 5.75 Å². The number of rotatable bonds is 7. The summed E-state index contributed by atoms with van der Waals surface area (Å²) in [7, 11) is 1.63. The van der Waals surface area contributed by atoms with Gasteiger partial charge in [-0.3, -0.25) is 9.69 Å². The third-order valence-corrected chi connectivity index (χ3v) is 5.65. The number of ether oxygens (including phenoxy) is 1. The molecule has 1 fully saturated rings. The van der Waals surface area contributed by atoms with Crippen LogP contribution in [0.3, 0.4) is 0 Å². The van der Waals surface area contributed by atoms with Gasteiger partial charge in [0.25, 0.3) is 5.56 Å². The van der Waals surface area contributed by atoms with Crippen LogP contribution in [0.4, 0.5) is 0 Å². The first-order valence-corrected chi connectivity index (χ1v) is 10.00. The van der Waals surface area contributed by atoms with Gasteiger partial charge in [0, 0.05) is 45.5 Å². The van der Waals surface area contributed by atoms with Gasteiger partial charge in [0.05, 0.1) is 18.2 Å². The Balaban J connectivity index is 2.07. The zero-order chi connectivity index (χ0) is 20.1. The minimum atomic E-state index is -0.262. The summed E-state index contributed by atoms with van der Waals surface area (Å²) in [6, 6.07) is 11.5. The van der Waals surface area contributed by atoms with E-state index in [1.165, 1.54) is 0 Å². The molecule has 1 aromatic heterocycles. The standard InChI is InChI=1S/C22H31N3O3/c1-4-23-10-12-24(13-11-23)21(18-8-6-5-7-9-18)20-19(26)16-17(2)25(22(20)27)14-15-28-3/h5-9,16,21,26H,4,10-15H2,1-3H3/t21-/m1/s1. The summed E-state index contributed by atoms with van der Waals surface area (Å²) in [5.74, 6) is 0.0722. The quantitative estimate of drug-likeness (QED) is 0.792. The molecule has 28 heavy (non-hydrogen) atoms. The first-order chi connectivity index (χ1) is 13.6. The van der Waals surface area contributed by atoms with Crippen LogP contribution < -0.4 is 5.56 Å². The third kappa shape index (κ3) is 4.29. The number of likely N-dealkylation sites (N-methyl/N-ethyl adjacent to an activating group) is 1. The zero-order valence-electron chi connectivity index (χ0n) is 17.1. The number of pyridine rings is 1. The second-order valence-electron chi connectivity index (χ2n) is 7.32. The lowest BCUT2D eigenvalue weighted by Gasteiger charge is -2.39. The zero-order valence-corrected chi connectivity index (χ0v) is 17.1. The molecule has 2 aromatic rings. The van der Waals surface area contributed by atoms with Crippen molar-refractivity contribution in [2.45, 2.75) is 26.4 Å². The molecule has 0 spiro atoms. The fourth-order valence-electron chi connectivity index (χ4n) is 4.02. The molecule has 152 valence electrons. The van der Waals surface area contributed by atoms with Crippen molar-refractivity contribution < 1.29 is 9.84 Å². The molecule has 2 heterocycles. The second kappa shape index (κ2) is 9.37. The molecule has 1 N–H and O–H groups in total. The lowest BCUT2D eigenvalue weighted by atomic mass is 9.96. The maximum atomic E-state index is 13.4. The highest BCUT2D eigenvalue weighted by molar-refractivity contribution is 5.41. The highest BCUT2D eigenvalue weighted by Gasteiger charge is 2.31. The second-order valence-corrected chi connectivity index (χ2v) is 7.32. The minimum absolute atomic E-state index is 0.0722. The Kier molecular flexibility index (Phi) is 6.88. The number of hydrogen-bond donors (Lipinski definition) is 1. The Morgan fingerprint density at radius 1 is 1.14 bits per heavy atom. The van der Waals surface area contributed by atoms with E-state index in [1.807, 2.05) is 37.3 Å². The molecule has 1 atom stereocenters. The number of methoxy groups -OCH3 is 1. The topological polar surface area (TPSA) is 57.9 Å². The molecule has 1 saturated heterocycles. The van der Waals surface area contributed by atoms with Gasteiger partial charge in [-0.2, -0.15) is 0 Å². The SMILES string of the molecule is CCN1CCN([C@H](c2ccccc2)c2c(O)cc(C)n(CCOC)c2=O)CC1. The van der Waals surface area contributed by atoms with Crippen LogP contribution in [0.25, 0.3) is 0 Å². The van der Waals surface area contributed by atoms with E-state index in [0.717, 1.165) is 44.0 Å². The van der Waals surface area contributed by atoms with E-state index in [0.29, 0.717) is 18.7 Å². The number of nitrogens with zero attached hydrogens (tertiary/aromatic N) is 3. The molecule has 0 aliphatic carbocycles. The van der Waals surface area contributed by atoms with Gasteiger partial charge in [-0.1, -0.05) is 37.3 Å². The summed E-state index contributed by atoms with van der Waals surface area (Å²) in [6.07, 6.45) is 0. The van der Waals surface area contributed by atoms with Crippen LogP contribution in [0.2, 0.25) is 0 Å². The van der Waals surface area contributed by atoms with Gasteiger partial charge in [0.15, 0.2) is 0 Å². The van der Waals surface area contributed by atoms with Crippen molar-refractivity contribution in [2.75, 3.05) is 46.4 Å². The highest BCUT2D eigenvalue weighted by atomic mass is 16.5. The summed E-state index contributed by atoms with van der Waals surface area (Å²) < 4.78 is 6.88. The monoisotopic (exact) mass is 385 g/mol. The average Bonchev–Trinajstić information content (AvgIpc) is 2.71. The van der Waals surface area contributed by atoms with Gasteiger partial charge >= 0.3 is 0 Å². The van der Waals surface area contributed by atoms with Gasteiger partial charge in [-0.05, 0) is 25.1 Å². The van der Waals surface area contributed by atoms with Crippen molar-refractivity contribution in [2.24, 2.45) is 0 Å². The van der Waals surface area contributed by atoms with Crippen LogP contribution >= 0.6 is 0 Å². The van der Waals surface area contributed by atoms with E-state index in [-0.39, 0.29) is 17.4 Å². The molecule has 6 nitrogen and oxygen atoms in total. The smallest absolute Gasteiger partial charge is 0.259 e. The van der Waals surface area contributed by atoms with Crippen molar-refractivity contribution in [3.63, 3.8) is 0 Å². The van der Waals surface area contributed by atoms with E-state index in [4.69, 9.17) is 4.74 Å². The highest BCUT2D eigenvalue weighted by Crippen LogP contribution is 2.33. The van der Waals surface area contributed by atoms with Gasteiger partial charge in [0.2, 0.25) is 0 Å². The maximum absolute atomic E-state index is 13.4. The molecule has 1 aromatic carbocycles. The molecular formula is C22H31N3O3. The fourth-order valence-corrected chi connectivity index (χ4v) is 4.02. The molecule has 0 amide bonds. The molecule has 0 radical (unpaired) electrons. The molecule has 1 aliphatic rings. The van der Waals surface area contributed by atoms with Crippen LogP contribution in [0.1, 0.15) is 29.8 Å². The van der Waals surface area contributed by atoms with Crippen molar-refractivity contribution >= 4 is 0 Å². The molecule has 0 bridgehead atoms. The lowest BCUT2D eigenvalue weighted by Crippen LogP contribution is -2.48. The first kappa shape index (κ1) is 20.6. The summed E-state index contributed by atoms with van der Waals surface area (Å²) in [6.45, 7) is 9.62. The third-order valence-electron chi connectivity index (χ3n) is 5.65. The van der Waals surface area contributed by atoms with Gasteiger partial charge < -0.3 is 19.3 Å². The van der Waals surface area contributed by atoms with Gasteiger partial charge in [-0.15, -0.1) is 0 Å². The predicted octanol–water partition coefficient (Wildman–Crippen LogP) is 2.24. The Labute approximate surface area is 167 Å². The van der Waals surface area contributed by atoms with Gasteiger partial charge in [0.1, 0.15) is 5.75 Å². The molecule has 0 unspecified atom stereocenters. The van der Waals surface area contributed by atoms with Crippen LogP contribution in [0, 0.1) is 6.92 Å². The normalized spacial score (nSPS) is 17.0. The predicted molar refractivity (Wildman–Crippen MR) is 111 cm³/mol. The van der Waals surface area contributed by atoms with Crippen molar-refractivity contribution in [1.82, 2.24) is 14.4 Å². The molecule has 6 heteroatoms. The van der Waals surface area contributed by atoms with E-state index in [1.54, 1.807) is 17.7 Å². The van der Waals surface area contributed by atoms with Crippen molar-refractivity contribution in [3.8, 4) is 5.75 Å². The molecule has 3 rings (SSSR count). The molecular weight excluding hydrogens is 354 g/mol. The van der Waals surface area contributed by atoms with E-state index in [2.05, 4.69) is 16.7 Å². The maximum Gasteiger partial charge on any atom is 0.259 e. The minimum Gasteiger partial charge on any atom is -0.507 e. The van der Waals surface area contributed by atoms with Crippen LogP contribution in [-0.2, 0) is 11.3 Å². The largest absolute Gasteiger partial charge is 0.507 e. The van der Waals surface area contributed by atoms with Crippen LogP contribution in [-0.4, -0.2) is 65.9 Å². The lowest BCUT2D eigenvalue weighted by molar-refractivity contribution is 0.111. The number of aromatic hydroxyl groups is 1. The van der Waals surface area contributed by atoms with Crippen molar-refractivity contribution in [1.29, 1.82) is 0 Å². The summed E-state index contributed by atoms with van der Waals surface area (Å²) >= 11 is 0. The van der Waals surface area contributed by atoms with Crippen molar-refractivity contribution in [3.05, 3.63) is 63.6 Å². The Morgan fingerprint density at radius 2 is 1.82 bits per heavy atom. The van der Waals surface area contributed by atoms with Crippen LogP contribution in [0.15, 0.2) is 41.2 Å². The Hall–Kier alpha value is -2.15. The number of aromatic nitrogens is 1. The number of hydrogen-bond acceptors (Lipinski definition) is 5. The summed E-state index contributed by atoms with van der Waals surface area (Å²) in [5, 5.41) is 10.8. The number of aryl methyl sites for hydroxylation is 1. The fraction of sp³-hybridized carbons (Fsp3) is 0.500. The number of piperazine rings is 1. The molecule has 1 aliphatic heterocycles. The Morgan fingerprint density at radius 3 is 2.43 bits per heavy atom. The van der Waals surface area contributed by atoms with E-state index >= 15 is 0 Å². The van der Waals surface area contributed by atoms with E-state index < -0.39 is 0 Å². The van der Waals surface area contributed by atoms with Gasteiger partial charge in [-0.25, -0.2) is 0 Å². The number of benzene rings is 1. The average molecular weight is 386 g/mol. The first-order valence-electron chi connectivity index (χ1n) is 10.00. The summed E-state index contributed by atoms with van der Waals surface area (Å²) in [5.41, 5.74) is 2.09. The van der Waals surface area contributed by atoms with E-state index in [9.17, 15) is 9.90 Å².